The molecule has 0 radical (unpaired) electrons. The number of anilines is 2. The van der Waals surface area contributed by atoms with Crippen LogP contribution in [0.25, 0.3) is 0 Å². The summed E-state index contributed by atoms with van der Waals surface area (Å²) in [5, 5.41) is 4.67. The maximum Gasteiger partial charge on any atom is 0.338 e. The van der Waals surface area contributed by atoms with Crippen LogP contribution < -0.4 is 10.6 Å². The molecule has 136 valence electrons. The summed E-state index contributed by atoms with van der Waals surface area (Å²) in [6, 6.07) is 8.56. The van der Waals surface area contributed by atoms with Crippen molar-refractivity contribution in [3.63, 3.8) is 0 Å². The molecule has 0 aliphatic rings. The van der Waals surface area contributed by atoms with Crippen molar-refractivity contribution in [3.05, 3.63) is 59.7 Å². The van der Waals surface area contributed by atoms with Gasteiger partial charge in [0.15, 0.2) is 6.10 Å². The lowest BCUT2D eigenvalue weighted by molar-refractivity contribution is -0.123. The van der Waals surface area contributed by atoms with E-state index >= 15 is 0 Å². The Bertz CT molecular complexity index is 855. The van der Waals surface area contributed by atoms with Gasteiger partial charge in [-0.3, -0.25) is 9.59 Å². The number of hydrogen-bond donors (Lipinski definition) is 2. The number of esters is 1. The molecule has 0 fully saturated rings. The largest absolute Gasteiger partial charge is 0.449 e. The Kier molecular flexibility index (Phi) is 6.00. The van der Waals surface area contributed by atoms with Crippen molar-refractivity contribution >= 4 is 29.2 Å². The van der Waals surface area contributed by atoms with Gasteiger partial charge in [0.25, 0.3) is 5.91 Å². The Morgan fingerprint density at radius 1 is 1.04 bits per heavy atom. The van der Waals surface area contributed by atoms with E-state index in [-0.39, 0.29) is 17.2 Å². The van der Waals surface area contributed by atoms with E-state index in [1.165, 1.54) is 32.0 Å². The Hall–Kier alpha value is -3.29. The summed E-state index contributed by atoms with van der Waals surface area (Å²) in [7, 11) is 0. The molecule has 2 N–H and O–H groups in total. The number of amides is 2. The van der Waals surface area contributed by atoms with Crippen LogP contribution in [0.5, 0.6) is 0 Å². The van der Waals surface area contributed by atoms with Crippen molar-refractivity contribution in [2.45, 2.75) is 20.0 Å². The Morgan fingerprint density at radius 3 is 2.46 bits per heavy atom. The minimum atomic E-state index is -1.26. The molecule has 26 heavy (non-hydrogen) atoms. The SMILES string of the molecule is CC(=O)Nc1cccc(C(=O)OC(C)C(=O)Nc2cc(F)ccc2F)c1. The molecule has 2 aromatic rings. The van der Waals surface area contributed by atoms with Gasteiger partial charge in [0, 0.05) is 18.7 Å². The zero-order chi connectivity index (χ0) is 19.3. The molecule has 0 saturated heterocycles. The molecule has 0 aliphatic heterocycles. The molecule has 2 rings (SSSR count). The van der Waals surface area contributed by atoms with E-state index in [4.69, 9.17) is 4.74 Å². The van der Waals surface area contributed by atoms with Gasteiger partial charge in [-0.1, -0.05) is 6.07 Å². The third-order valence-electron chi connectivity index (χ3n) is 3.26. The van der Waals surface area contributed by atoms with Gasteiger partial charge in [-0.15, -0.1) is 0 Å². The zero-order valence-corrected chi connectivity index (χ0v) is 14.0. The fraction of sp³-hybridized carbons (Fsp3) is 0.167. The van der Waals surface area contributed by atoms with E-state index in [0.29, 0.717) is 5.69 Å². The molecule has 0 aliphatic carbocycles. The number of halogens is 2. The van der Waals surface area contributed by atoms with Crippen LogP contribution in [0.1, 0.15) is 24.2 Å². The van der Waals surface area contributed by atoms with Crippen LogP contribution in [0, 0.1) is 11.6 Å². The average molecular weight is 362 g/mol. The quantitative estimate of drug-likeness (QED) is 0.801. The van der Waals surface area contributed by atoms with Crippen LogP contribution in [0.15, 0.2) is 42.5 Å². The van der Waals surface area contributed by atoms with Gasteiger partial charge in [-0.05, 0) is 37.3 Å². The first-order valence-electron chi connectivity index (χ1n) is 7.61. The van der Waals surface area contributed by atoms with Crippen molar-refractivity contribution in [2.75, 3.05) is 10.6 Å². The second-order valence-corrected chi connectivity index (χ2v) is 5.42. The van der Waals surface area contributed by atoms with Crippen molar-refractivity contribution in [3.8, 4) is 0 Å². The molecule has 1 unspecified atom stereocenters. The number of carbonyl (C=O) groups is 3. The molecular formula is C18H16F2N2O4. The first kappa shape index (κ1) is 19.0. The summed E-state index contributed by atoms with van der Waals surface area (Å²) >= 11 is 0. The van der Waals surface area contributed by atoms with Gasteiger partial charge in [0.05, 0.1) is 11.3 Å². The first-order chi connectivity index (χ1) is 12.3. The topological polar surface area (TPSA) is 84.5 Å². The minimum Gasteiger partial charge on any atom is -0.449 e. The van der Waals surface area contributed by atoms with Crippen molar-refractivity contribution in [2.24, 2.45) is 0 Å². The highest BCUT2D eigenvalue weighted by Crippen LogP contribution is 2.17. The lowest BCUT2D eigenvalue weighted by Crippen LogP contribution is -2.30. The smallest absolute Gasteiger partial charge is 0.338 e. The van der Waals surface area contributed by atoms with Crippen LogP contribution in [0.2, 0.25) is 0 Å². The Labute approximate surface area is 148 Å². The Morgan fingerprint density at radius 2 is 1.77 bits per heavy atom. The molecule has 2 aromatic carbocycles. The predicted molar refractivity (Wildman–Crippen MR) is 90.6 cm³/mol. The fourth-order valence-electron chi connectivity index (χ4n) is 2.04. The van der Waals surface area contributed by atoms with Crippen LogP contribution in [-0.2, 0) is 14.3 Å². The highest BCUT2D eigenvalue weighted by atomic mass is 19.1. The second-order valence-electron chi connectivity index (χ2n) is 5.42. The van der Waals surface area contributed by atoms with E-state index < -0.39 is 29.6 Å². The molecule has 6 nitrogen and oxygen atoms in total. The molecule has 1 atom stereocenters. The van der Waals surface area contributed by atoms with Gasteiger partial charge in [-0.25, -0.2) is 13.6 Å². The zero-order valence-electron chi connectivity index (χ0n) is 14.0. The molecular weight excluding hydrogens is 346 g/mol. The van der Waals surface area contributed by atoms with Gasteiger partial charge in [-0.2, -0.15) is 0 Å². The summed E-state index contributed by atoms with van der Waals surface area (Å²) < 4.78 is 31.7. The van der Waals surface area contributed by atoms with Crippen molar-refractivity contribution < 1.29 is 27.9 Å². The highest BCUT2D eigenvalue weighted by Gasteiger charge is 2.20. The van der Waals surface area contributed by atoms with E-state index in [0.717, 1.165) is 18.2 Å². The van der Waals surface area contributed by atoms with Crippen LogP contribution >= 0.6 is 0 Å². The number of benzene rings is 2. The van der Waals surface area contributed by atoms with E-state index in [9.17, 15) is 23.2 Å². The van der Waals surface area contributed by atoms with E-state index in [1.807, 2.05) is 0 Å². The molecule has 0 saturated carbocycles. The third kappa shape index (κ3) is 5.10. The first-order valence-corrected chi connectivity index (χ1v) is 7.61. The molecule has 2 amide bonds. The highest BCUT2D eigenvalue weighted by molar-refractivity contribution is 5.98. The van der Waals surface area contributed by atoms with Crippen molar-refractivity contribution in [1.29, 1.82) is 0 Å². The molecule has 8 heteroatoms. The minimum absolute atomic E-state index is 0.118. The molecule has 0 heterocycles. The number of nitrogens with one attached hydrogen (secondary N) is 2. The van der Waals surface area contributed by atoms with Gasteiger partial charge >= 0.3 is 5.97 Å². The summed E-state index contributed by atoms with van der Waals surface area (Å²) in [4.78, 5) is 35.2. The van der Waals surface area contributed by atoms with Gasteiger partial charge < -0.3 is 15.4 Å². The third-order valence-corrected chi connectivity index (χ3v) is 3.26. The molecule has 0 spiro atoms. The standard InChI is InChI=1S/C18H16F2N2O4/c1-10(17(24)22-16-9-13(19)6-7-15(16)20)26-18(25)12-4-3-5-14(8-12)21-11(2)23/h3-10H,1-2H3,(H,21,23)(H,22,24). The number of ether oxygens (including phenoxy) is 1. The summed E-state index contributed by atoms with van der Waals surface area (Å²) in [5.41, 5.74) is 0.157. The van der Waals surface area contributed by atoms with Crippen molar-refractivity contribution in [1.82, 2.24) is 0 Å². The summed E-state index contributed by atoms with van der Waals surface area (Å²) in [6.45, 7) is 2.62. The maximum atomic E-state index is 13.5. The average Bonchev–Trinajstić information content (AvgIpc) is 2.57. The van der Waals surface area contributed by atoms with Gasteiger partial charge in [0.2, 0.25) is 5.91 Å². The lowest BCUT2D eigenvalue weighted by Gasteiger charge is -2.14. The Balaban J connectivity index is 2.03. The maximum absolute atomic E-state index is 13.5. The summed E-state index contributed by atoms with van der Waals surface area (Å²) in [5.74, 6) is -3.47. The van der Waals surface area contributed by atoms with Crippen LogP contribution in [0.3, 0.4) is 0 Å². The normalized spacial score (nSPS) is 11.4. The number of rotatable bonds is 5. The van der Waals surface area contributed by atoms with Gasteiger partial charge in [0.1, 0.15) is 11.6 Å². The molecule has 0 bridgehead atoms. The second kappa shape index (κ2) is 8.19. The number of hydrogen-bond acceptors (Lipinski definition) is 4. The fourth-order valence-corrected chi connectivity index (χ4v) is 2.04. The summed E-state index contributed by atoms with van der Waals surface area (Å²) in [6.07, 6.45) is -1.26. The lowest BCUT2D eigenvalue weighted by atomic mass is 10.2. The van der Waals surface area contributed by atoms with E-state index in [2.05, 4.69) is 10.6 Å². The number of carbonyl (C=O) groups excluding carboxylic acids is 3. The predicted octanol–water partition coefficient (Wildman–Crippen LogP) is 3.11. The van der Waals surface area contributed by atoms with E-state index in [1.54, 1.807) is 6.07 Å². The van der Waals surface area contributed by atoms with Crippen LogP contribution in [0.4, 0.5) is 20.2 Å². The molecule has 0 aromatic heterocycles. The van der Waals surface area contributed by atoms with Crippen LogP contribution in [-0.4, -0.2) is 23.9 Å². The monoisotopic (exact) mass is 362 g/mol.